The van der Waals surface area contributed by atoms with Gasteiger partial charge in [0.15, 0.2) is 0 Å². The van der Waals surface area contributed by atoms with Crippen molar-refractivity contribution in [1.82, 2.24) is 5.01 Å². The number of hydrazine groups is 1. The van der Waals surface area contributed by atoms with Gasteiger partial charge in [0.2, 0.25) is 0 Å². The molecule has 2 N–H and O–H groups in total. The molecule has 3 nitrogen and oxygen atoms in total. The van der Waals surface area contributed by atoms with Crippen molar-refractivity contribution < 1.29 is 4.74 Å². The minimum Gasteiger partial charge on any atom is -0.497 e. The number of benzene rings is 1. The smallest absolute Gasteiger partial charge is 0.118 e. The summed E-state index contributed by atoms with van der Waals surface area (Å²) in [6, 6.07) is 7.59. The summed E-state index contributed by atoms with van der Waals surface area (Å²) in [5, 5.41) is 1.35. The molecule has 0 aliphatic rings. The molecule has 0 atom stereocenters. The van der Waals surface area contributed by atoms with Gasteiger partial charge in [-0.05, 0) is 22.0 Å². The SMILES string of the molecule is COc1ccc(CN(N)C(=S)[S-])cc1. The van der Waals surface area contributed by atoms with Gasteiger partial charge < -0.3 is 34.6 Å². The van der Waals surface area contributed by atoms with Crippen molar-refractivity contribution in [2.24, 2.45) is 5.84 Å². The monoisotopic (exact) mass is 227 g/mol. The molecule has 0 spiro atoms. The van der Waals surface area contributed by atoms with Crippen LogP contribution in [0.15, 0.2) is 24.3 Å². The molecule has 0 saturated carbocycles. The third kappa shape index (κ3) is 3.10. The van der Waals surface area contributed by atoms with Crippen molar-refractivity contribution in [2.45, 2.75) is 6.54 Å². The van der Waals surface area contributed by atoms with Crippen molar-refractivity contribution in [3.63, 3.8) is 0 Å². The first kappa shape index (κ1) is 11.2. The summed E-state index contributed by atoms with van der Waals surface area (Å²) in [5.41, 5.74) is 1.04. The Morgan fingerprint density at radius 2 is 2.07 bits per heavy atom. The van der Waals surface area contributed by atoms with Gasteiger partial charge in [0.05, 0.1) is 13.7 Å². The average molecular weight is 227 g/mol. The molecular formula is C9H11N2OS2-. The number of nitrogens with two attached hydrogens (primary N) is 1. The fourth-order valence-corrected chi connectivity index (χ4v) is 1.12. The molecule has 0 aliphatic heterocycles. The van der Waals surface area contributed by atoms with Crippen LogP contribution in [-0.4, -0.2) is 16.4 Å². The van der Waals surface area contributed by atoms with Crippen molar-refractivity contribution >= 4 is 29.2 Å². The van der Waals surface area contributed by atoms with Gasteiger partial charge >= 0.3 is 0 Å². The predicted molar refractivity (Wildman–Crippen MR) is 62.7 cm³/mol. The molecule has 0 unspecified atom stereocenters. The molecule has 0 aliphatic carbocycles. The topological polar surface area (TPSA) is 38.5 Å². The Bertz CT molecular complexity index is 313. The minimum atomic E-state index is 0.265. The lowest BCUT2D eigenvalue weighted by Crippen LogP contribution is -2.33. The molecule has 1 rings (SSSR count). The molecule has 5 heteroatoms. The number of nitrogens with zero attached hydrogens (tertiary/aromatic N) is 1. The summed E-state index contributed by atoms with van der Waals surface area (Å²) in [4.78, 5) is 0. The van der Waals surface area contributed by atoms with Gasteiger partial charge in [-0.3, -0.25) is 0 Å². The standard InChI is InChI=1S/C9H12N2OS2/c1-12-8-4-2-7(3-5-8)6-11(10)9(13)14/h2-5H,6,10H2,1H3,(H,13,14)/p-1. The summed E-state index contributed by atoms with van der Waals surface area (Å²) in [7, 11) is 1.63. The number of hydrogen-bond acceptors (Lipinski definition) is 4. The first-order valence-corrected chi connectivity index (χ1v) is 4.81. The van der Waals surface area contributed by atoms with Gasteiger partial charge in [-0.15, -0.1) is 0 Å². The third-order valence-electron chi connectivity index (χ3n) is 1.75. The molecule has 0 fully saturated rings. The summed E-state index contributed by atoms with van der Waals surface area (Å²) in [6.45, 7) is 0.520. The van der Waals surface area contributed by atoms with Crippen molar-refractivity contribution in [3.8, 4) is 5.75 Å². The van der Waals surface area contributed by atoms with Gasteiger partial charge in [-0.25, -0.2) is 5.84 Å². The van der Waals surface area contributed by atoms with Crippen LogP contribution in [0.25, 0.3) is 0 Å². The van der Waals surface area contributed by atoms with Crippen molar-refractivity contribution in [3.05, 3.63) is 29.8 Å². The Balaban J connectivity index is 2.64. The van der Waals surface area contributed by atoms with Gasteiger partial charge in [-0.2, -0.15) is 0 Å². The predicted octanol–water partition coefficient (Wildman–Crippen LogP) is 1.20. The fourth-order valence-electron chi connectivity index (χ4n) is 0.992. The van der Waals surface area contributed by atoms with E-state index < -0.39 is 0 Å². The molecule has 0 bridgehead atoms. The van der Waals surface area contributed by atoms with Crippen LogP contribution < -0.4 is 10.6 Å². The maximum atomic E-state index is 5.58. The Kier molecular flexibility index (Phi) is 4.06. The lowest BCUT2D eigenvalue weighted by molar-refractivity contribution is 0.413. The lowest BCUT2D eigenvalue weighted by atomic mass is 10.2. The maximum Gasteiger partial charge on any atom is 0.118 e. The molecule has 0 aromatic heterocycles. The van der Waals surface area contributed by atoms with E-state index in [0.717, 1.165) is 11.3 Å². The van der Waals surface area contributed by atoms with Gasteiger partial charge in [0.1, 0.15) is 5.75 Å². The van der Waals surface area contributed by atoms with E-state index in [2.05, 4.69) is 0 Å². The highest BCUT2D eigenvalue weighted by Crippen LogP contribution is 2.12. The molecule has 1 aromatic rings. The molecule has 0 heterocycles. The highest BCUT2D eigenvalue weighted by Gasteiger charge is 1.97. The number of hydrogen-bond donors (Lipinski definition) is 1. The van der Waals surface area contributed by atoms with Crippen LogP contribution in [0.4, 0.5) is 0 Å². The maximum absolute atomic E-state index is 5.58. The quantitative estimate of drug-likeness (QED) is 0.363. The van der Waals surface area contributed by atoms with E-state index in [1.54, 1.807) is 7.11 Å². The number of rotatable bonds is 3. The fraction of sp³-hybridized carbons (Fsp3) is 0.222. The Morgan fingerprint density at radius 1 is 1.50 bits per heavy atom. The van der Waals surface area contributed by atoms with E-state index in [0.29, 0.717) is 6.54 Å². The first-order chi connectivity index (χ1) is 6.63. The zero-order chi connectivity index (χ0) is 10.6. The number of methoxy groups -OCH3 is 1. The van der Waals surface area contributed by atoms with E-state index in [4.69, 9.17) is 35.4 Å². The van der Waals surface area contributed by atoms with Gasteiger partial charge in [0.25, 0.3) is 0 Å². The zero-order valence-corrected chi connectivity index (χ0v) is 9.40. The average Bonchev–Trinajstić information content (AvgIpc) is 2.19. The van der Waals surface area contributed by atoms with Gasteiger partial charge in [-0.1, -0.05) is 12.1 Å². The van der Waals surface area contributed by atoms with E-state index in [1.807, 2.05) is 24.3 Å². The van der Waals surface area contributed by atoms with Crippen molar-refractivity contribution in [2.75, 3.05) is 7.11 Å². The van der Waals surface area contributed by atoms with Crippen LogP contribution in [0, 0.1) is 0 Å². The van der Waals surface area contributed by atoms with Crippen molar-refractivity contribution in [1.29, 1.82) is 0 Å². The largest absolute Gasteiger partial charge is 0.497 e. The first-order valence-electron chi connectivity index (χ1n) is 3.99. The van der Waals surface area contributed by atoms with E-state index in [-0.39, 0.29) is 4.32 Å². The summed E-state index contributed by atoms with van der Waals surface area (Å²) >= 11 is 9.51. The van der Waals surface area contributed by atoms with E-state index >= 15 is 0 Å². The van der Waals surface area contributed by atoms with Crippen LogP contribution >= 0.6 is 12.2 Å². The van der Waals surface area contributed by atoms with E-state index in [1.165, 1.54) is 5.01 Å². The molecule has 1 aromatic carbocycles. The summed E-state index contributed by atoms with van der Waals surface area (Å²) < 4.78 is 5.30. The molecule has 76 valence electrons. The second kappa shape index (κ2) is 5.09. The van der Waals surface area contributed by atoms with Crippen LogP contribution in [0.1, 0.15) is 5.56 Å². The lowest BCUT2D eigenvalue weighted by Gasteiger charge is -2.22. The highest BCUT2D eigenvalue weighted by molar-refractivity contribution is 8.00. The second-order valence-corrected chi connectivity index (χ2v) is 3.77. The highest BCUT2D eigenvalue weighted by atomic mass is 32.1. The Labute approximate surface area is 94.2 Å². The van der Waals surface area contributed by atoms with Crippen LogP contribution in [0.2, 0.25) is 0 Å². The molecular weight excluding hydrogens is 216 g/mol. The summed E-state index contributed by atoms with van der Waals surface area (Å²) in [6.07, 6.45) is 0. The van der Waals surface area contributed by atoms with E-state index in [9.17, 15) is 0 Å². The molecule has 0 amide bonds. The molecule has 0 saturated heterocycles. The second-order valence-electron chi connectivity index (χ2n) is 2.74. The van der Waals surface area contributed by atoms with Gasteiger partial charge in [0, 0.05) is 0 Å². The number of thiocarbonyl (C=S) groups is 1. The van der Waals surface area contributed by atoms with Crippen LogP contribution in [0.5, 0.6) is 5.75 Å². The number of ether oxygens (including phenoxy) is 1. The Morgan fingerprint density at radius 3 is 2.50 bits per heavy atom. The minimum absolute atomic E-state index is 0.265. The molecule has 0 radical (unpaired) electrons. The van der Waals surface area contributed by atoms with Crippen LogP contribution in [0.3, 0.4) is 0 Å². The summed E-state index contributed by atoms with van der Waals surface area (Å²) in [5.74, 6) is 6.39. The molecule has 14 heavy (non-hydrogen) atoms. The third-order valence-corrected chi connectivity index (χ3v) is 2.22. The Hall–Kier alpha value is -0.910. The van der Waals surface area contributed by atoms with Crippen LogP contribution in [-0.2, 0) is 19.2 Å². The normalized spacial score (nSPS) is 9.57. The zero-order valence-electron chi connectivity index (χ0n) is 7.77.